The van der Waals surface area contributed by atoms with Crippen molar-refractivity contribution in [2.24, 2.45) is 0 Å². The lowest BCUT2D eigenvalue weighted by Crippen LogP contribution is -1.79. The number of hydrogen-bond acceptors (Lipinski definition) is 2. The molecule has 4 rings (SSSR count). The fourth-order valence-corrected chi connectivity index (χ4v) is 2.63. The topological polar surface area (TPSA) is 57.4 Å². The lowest BCUT2D eigenvalue weighted by atomic mass is 10.0. The van der Waals surface area contributed by atoms with Gasteiger partial charge in [-0.05, 0) is 49.2 Å². The zero-order valence-electron chi connectivity index (χ0n) is 11.4. The van der Waals surface area contributed by atoms with E-state index in [2.05, 4.69) is 56.3 Å². The van der Waals surface area contributed by atoms with Crippen LogP contribution in [0.25, 0.3) is 33.2 Å². The molecule has 0 spiro atoms. The van der Waals surface area contributed by atoms with Crippen molar-refractivity contribution in [3.8, 4) is 11.1 Å². The number of nitrogens with one attached hydrogen (secondary N) is 2. The second kappa shape index (κ2) is 3.93. The Balaban J connectivity index is 1.90. The predicted molar refractivity (Wildman–Crippen MR) is 80.7 cm³/mol. The van der Waals surface area contributed by atoms with E-state index < -0.39 is 0 Å². The number of aromatic amines is 2. The van der Waals surface area contributed by atoms with Gasteiger partial charge in [0.2, 0.25) is 0 Å². The third-order valence-electron chi connectivity index (χ3n) is 3.53. The summed E-state index contributed by atoms with van der Waals surface area (Å²) in [5, 5.41) is 0. The average Bonchev–Trinajstić information content (AvgIpc) is 2.97. The molecule has 2 N–H and O–H groups in total. The van der Waals surface area contributed by atoms with Crippen molar-refractivity contribution in [1.82, 2.24) is 19.9 Å². The maximum absolute atomic E-state index is 4.43. The number of rotatable bonds is 1. The van der Waals surface area contributed by atoms with E-state index in [0.717, 1.165) is 33.7 Å². The summed E-state index contributed by atoms with van der Waals surface area (Å²) >= 11 is 0. The molecule has 4 aromatic rings. The van der Waals surface area contributed by atoms with Gasteiger partial charge >= 0.3 is 0 Å². The molecule has 0 atom stereocenters. The molecule has 98 valence electrons. The van der Waals surface area contributed by atoms with Crippen molar-refractivity contribution in [1.29, 1.82) is 0 Å². The molecular formula is C16H14N4. The van der Waals surface area contributed by atoms with Crippen molar-refractivity contribution >= 4 is 22.1 Å². The molecule has 0 aliphatic rings. The highest BCUT2D eigenvalue weighted by Crippen LogP contribution is 2.26. The van der Waals surface area contributed by atoms with Gasteiger partial charge < -0.3 is 9.97 Å². The minimum Gasteiger partial charge on any atom is -0.342 e. The van der Waals surface area contributed by atoms with Crippen molar-refractivity contribution < 1.29 is 0 Å². The van der Waals surface area contributed by atoms with E-state index >= 15 is 0 Å². The summed E-state index contributed by atoms with van der Waals surface area (Å²) in [7, 11) is 0. The van der Waals surface area contributed by atoms with Gasteiger partial charge in [0.15, 0.2) is 0 Å². The molecule has 2 aromatic heterocycles. The van der Waals surface area contributed by atoms with Crippen LogP contribution in [0, 0.1) is 13.8 Å². The van der Waals surface area contributed by atoms with Crippen LogP contribution in [-0.2, 0) is 0 Å². The van der Waals surface area contributed by atoms with E-state index in [9.17, 15) is 0 Å². The van der Waals surface area contributed by atoms with Gasteiger partial charge in [0.25, 0.3) is 0 Å². The van der Waals surface area contributed by atoms with Crippen LogP contribution in [0.1, 0.15) is 11.6 Å². The first-order chi connectivity index (χ1) is 9.69. The zero-order valence-corrected chi connectivity index (χ0v) is 11.4. The van der Waals surface area contributed by atoms with E-state index in [4.69, 9.17) is 0 Å². The molecule has 0 radical (unpaired) electrons. The van der Waals surface area contributed by atoms with Crippen LogP contribution < -0.4 is 0 Å². The maximum Gasteiger partial charge on any atom is 0.104 e. The van der Waals surface area contributed by atoms with Crippen LogP contribution in [-0.4, -0.2) is 19.9 Å². The highest BCUT2D eigenvalue weighted by Gasteiger charge is 2.05. The minimum absolute atomic E-state index is 0.941. The monoisotopic (exact) mass is 262 g/mol. The second-order valence-electron chi connectivity index (χ2n) is 5.11. The predicted octanol–water partition coefficient (Wildman–Crippen LogP) is 3.72. The number of hydrogen-bond donors (Lipinski definition) is 2. The number of fused-ring (bicyclic) bond motifs is 2. The van der Waals surface area contributed by atoms with Crippen molar-refractivity contribution in [2.75, 3.05) is 0 Å². The molecule has 0 aliphatic heterocycles. The zero-order chi connectivity index (χ0) is 13.7. The standard InChI is InChI=1S/C16H14N4/c1-9-17-13-5-3-11(7-15(13)19-9)12-4-6-14-16(8-12)20-10(2)18-14/h3-8H,1-2H3,(H,17,19)(H,18,20). The van der Waals surface area contributed by atoms with Gasteiger partial charge in [-0.25, -0.2) is 9.97 Å². The minimum atomic E-state index is 0.941. The first-order valence-electron chi connectivity index (χ1n) is 6.62. The molecule has 2 heterocycles. The number of nitrogens with zero attached hydrogens (tertiary/aromatic N) is 2. The number of benzene rings is 2. The third-order valence-corrected chi connectivity index (χ3v) is 3.53. The Morgan fingerprint density at radius 2 is 1.15 bits per heavy atom. The molecule has 0 bridgehead atoms. The lowest BCUT2D eigenvalue weighted by Gasteiger charge is -2.01. The van der Waals surface area contributed by atoms with Crippen molar-refractivity contribution in [2.45, 2.75) is 13.8 Å². The number of aromatic nitrogens is 4. The van der Waals surface area contributed by atoms with E-state index in [1.807, 2.05) is 13.8 Å². The van der Waals surface area contributed by atoms with Gasteiger partial charge in [-0.15, -0.1) is 0 Å². The molecule has 0 saturated heterocycles. The Hall–Kier alpha value is -2.62. The normalized spacial score (nSPS) is 11.5. The molecule has 20 heavy (non-hydrogen) atoms. The first kappa shape index (κ1) is 11.2. The van der Waals surface area contributed by atoms with Gasteiger partial charge in [0.1, 0.15) is 11.6 Å². The summed E-state index contributed by atoms with van der Waals surface area (Å²) in [5.41, 5.74) is 6.50. The summed E-state index contributed by atoms with van der Waals surface area (Å²) in [5.74, 6) is 1.88. The molecular weight excluding hydrogens is 248 g/mol. The first-order valence-corrected chi connectivity index (χ1v) is 6.62. The van der Waals surface area contributed by atoms with Crippen LogP contribution in [0.2, 0.25) is 0 Å². The Labute approximate surface area is 115 Å². The molecule has 0 amide bonds. The maximum atomic E-state index is 4.43. The van der Waals surface area contributed by atoms with Gasteiger partial charge in [0, 0.05) is 0 Å². The van der Waals surface area contributed by atoms with Gasteiger partial charge in [-0.3, -0.25) is 0 Å². The van der Waals surface area contributed by atoms with Crippen LogP contribution >= 0.6 is 0 Å². The average molecular weight is 262 g/mol. The molecule has 0 fully saturated rings. The van der Waals surface area contributed by atoms with E-state index in [1.165, 1.54) is 11.1 Å². The smallest absolute Gasteiger partial charge is 0.104 e. The SMILES string of the molecule is Cc1nc2ccc(-c3ccc4nc(C)[nH]c4c3)cc2[nH]1. The van der Waals surface area contributed by atoms with Crippen LogP contribution in [0.5, 0.6) is 0 Å². The molecule has 0 aliphatic carbocycles. The molecule has 0 saturated carbocycles. The van der Waals surface area contributed by atoms with Crippen molar-refractivity contribution in [3.63, 3.8) is 0 Å². The van der Waals surface area contributed by atoms with Crippen LogP contribution in [0.4, 0.5) is 0 Å². The summed E-state index contributed by atoms with van der Waals surface area (Å²) in [6, 6.07) is 12.6. The summed E-state index contributed by atoms with van der Waals surface area (Å²) < 4.78 is 0. The summed E-state index contributed by atoms with van der Waals surface area (Å²) in [6.07, 6.45) is 0. The van der Waals surface area contributed by atoms with E-state index in [0.29, 0.717) is 0 Å². The Morgan fingerprint density at radius 1 is 0.700 bits per heavy atom. The Bertz CT molecular complexity index is 852. The Kier molecular flexibility index (Phi) is 2.21. The fraction of sp³-hybridized carbons (Fsp3) is 0.125. The summed E-state index contributed by atoms with van der Waals surface area (Å²) in [4.78, 5) is 15.4. The second-order valence-corrected chi connectivity index (χ2v) is 5.11. The van der Waals surface area contributed by atoms with Crippen LogP contribution in [0.15, 0.2) is 36.4 Å². The Morgan fingerprint density at radius 3 is 1.60 bits per heavy atom. The van der Waals surface area contributed by atoms with E-state index in [-0.39, 0.29) is 0 Å². The highest BCUT2D eigenvalue weighted by atomic mass is 14.9. The van der Waals surface area contributed by atoms with Gasteiger partial charge in [-0.2, -0.15) is 0 Å². The van der Waals surface area contributed by atoms with Crippen molar-refractivity contribution in [3.05, 3.63) is 48.0 Å². The molecule has 2 aromatic carbocycles. The highest BCUT2D eigenvalue weighted by molar-refractivity contribution is 5.86. The van der Waals surface area contributed by atoms with Crippen LogP contribution in [0.3, 0.4) is 0 Å². The van der Waals surface area contributed by atoms with Gasteiger partial charge in [0.05, 0.1) is 22.1 Å². The van der Waals surface area contributed by atoms with E-state index in [1.54, 1.807) is 0 Å². The summed E-state index contributed by atoms with van der Waals surface area (Å²) in [6.45, 7) is 3.94. The van der Waals surface area contributed by atoms with Gasteiger partial charge in [-0.1, -0.05) is 12.1 Å². The molecule has 0 unspecified atom stereocenters. The quantitative estimate of drug-likeness (QED) is 0.549. The third kappa shape index (κ3) is 1.69. The fourth-order valence-electron chi connectivity index (χ4n) is 2.63. The lowest BCUT2D eigenvalue weighted by molar-refractivity contribution is 1.17. The number of aryl methyl sites for hydroxylation is 2. The molecule has 4 heteroatoms. The number of H-pyrrole nitrogens is 2. The number of imidazole rings is 2. The largest absolute Gasteiger partial charge is 0.342 e. The molecule has 4 nitrogen and oxygen atoms in total.